The van der Waals surface area contributed by atoms with Gasteiger partial charge in [-0.2, -0.15) is 0 Å². The normalized spacial score (nSPS) is 21.9. The Morgan fingerprint density at radius 3 is 2.37 bits per heavy atom. The van der Waals surface area contributed by atoms with E-state index in [0.29, 0.717) is 19.8 Å². The first kappa shape index (κ1) is 20.9. The van der Waals surface area contributed by atoms with E-state index in [9.17, 15) is 4.79 Å². The minimum absolute atomic E-state index is 0.0444. The summed E-state index contributed by atoms with van der Waals surface area (Å²) in [4.78, 5) is 16.3. The molecule has 2 atom stereocenters. The van der Waals surface area contributed by atoms with Crippen LogP contribution < -0.4 is 0 Å². The number of benzene rings is 2. The molecule has 2 aliphatic heterocycles. The third-order valence-corrected chi connectivity index (χ3v) is 6.47. The molecule has 0 aliphatic carbocycles. The molecule has 1 amide bonds. The van der Waals surface area contributed by atoms with E-state index < -0.39 is 0 Å². The Morgan fingerprint density at radius 1 is 1.03 bits per heavy atom. The van der Waals surface area contributed by atoms with Crippen LogP contribution in [0.1, 0.15) is 36.9 Å². The lowest BCUT2D eigenvalue weighted by Crippen LogP contribution is -2.30. The Hall–Kier alpha value is -2.37. The van der Waals surface area contributed by atoms with Crippen LogP contribution in [-0.2, 0) is 15.9 Å². The van der Waals surface area contributed by atoms with Gasteiger partial charge in [-0.25, -0.2) is 4.79 Å². The Morgan fingerprint density at radius 2 is 1.73 bits per heavy atom. The monoisotopic (exact) mass is 408 g/mol. The lowest BCUT2D eigenvalue weighted by atomic mass is 9.99. The van der Waals surface area contributed by atoms with Crippen molar-refractivity contribution in [2.75, 3.05) is 40.0 Å². The van der Waals surface area contributed by atoms with Crippen LogP contribution >= 0.6 is 0 Å². The minimum Gasteiger partial charge on any atom is -0.447 e. The summed E-state index contributed by atoms with van der Waals surface area (Å²) >= 11 is 0. The van der Waals surface area contributed by atoms with Gasteiger partial charge in [0.15, 0.2) is 0 Å². The molecule has 4 rings (SSSR count). The maximum atomic E-state index is 12.0. The summed E-state index contributed by atoms with van der Waals surface area (Å²) in [5.41, 5.74) is 4.89. The van der Waals surface area contributed by atoms with Crippen molar-refractivity contribution in [1.82, 2.24) is 9.80 Å². The number of nitrogens with zero attached hydrogens (tertiary/aromatic N) is 2. The van der Waals surface area contributed by atoms with Crippen molar-refractivity contribution in [3.63, 3.8) is 0 Å². The number of hydrogen-bond donors (Lipinski definition) is 0. The summed E-state index contributed by atoms with van der Waals surface area (Å²) in [6.07, 6.45) is 3.51. The standard InChI is InChI=1S/C25H32N2O3/c1-19-4-3-14-26(19)15-13-20-5-7-21(8-6-20)22-9-11-23(12-10-22)24-18-30-25(28)27(24)16-17-29-2/h5-12,19,24H,3-4,13-18H2,1-2H3/t19-,24+/m1/s1. The van der Waals surface area contributed by atoms with Gasteiger partial charge in [-0.15, -0.1) is 0 Å². The van der Waals surface area contributed by atoms with Gasteiger partial charge < -0.3 is 14.4 Å². The highest BCUT2D eigenvalue weighted by molar-refractivity contribution is 5.71. The fourth-order valence-corrected chi connectivity index (χ4v) is 4.52. The lowest BCUT2D eigenvalue weighted by molar-refractivity contribution is 0.134. The molecular formula is C25H32N2O3. The molecule has 160 valence electrons. The average Bonchev–Trinajstić information content (AvgIpc) is 3.36. The van der Waals surface area contributed by atoms with E-state index in [2.05, 4.69) is 60.4 Å². The molecule has 2 heterocycles. The highest BCUT2D eigenvalue weighted by atomic mass is 16.6. The number of ether oxygens (including phenoxy) is 2. The third kappa shape index (κ3) is 4.68. The smallest absolute Gasteiger partial charge is 0.410 e. The number of carbonyl (C=O) groups excluding carboxylic acids is 1. The number of methoxy groups -OCH3 is 1. The molecule has 2 fully saturated rings. The first-order chi connectivity index (χ1) is 14.7. The van der Waals surface area contributed by atoms with Gasteiger partial charge in [0, 0.05) is 26.2 Å². The average molecular weight is 409 g/mol. The predicted molar refractivity (Wildman–Crippen MR) is 119 cm³/mol. The van der Waals surface area contributed by atoms with Crippen molar-refractivity contribution in [3.05, 3.63) is 59.7 Å². The maximum absolute atomic E-state index is 12.0. The van der Waals surface area contributed by atoms with Gasteiger partial charge in [-0.1, -0.05) is 48.5 Å². The molecule has 0 aromatic heterocycles. The largest absolute Gasteiger partial charge is 0.447 e. The van der Waals surface area contributed by atoms with Crippen LogP contribution in [0.25, 0.3) is 11.1 Å². The van der Waals surface area contributed by atoms with Crippen molar-refractivity contribution in [3.8, 4) is 11.1 Å². The zero-order chi connectivity index (χ0) is 20.9. The lowest BCUT2D eigenvalue weighted by Gasteiger charge is -2.21. The van der Waals surface area contributed by atoms with Crippen molar-refractivity contribution < 1.29 is 14.3 Å². The summed E-state index contributed by atoms with van der Waals surface area (Å²) in [6, 6.07) is 18.1. The fourth-order valence-electron chi connectivity index (χ4n) is 4.52. The Labute approximate surface area is 179 Å². The third-order valence-electron chi connectivity index (χ3n) is 6.47. The minimum atomic E-state index is -0.264. The first-order valence-electron chi connectivity index (χ1n) is 11.0. The van der Waals surface area contributed by atoms with Crippen molar-refractivity contribution in [1.29, 1.82) is 0 Å². The molecule has 2 aromatic carbocycles. The second kappa shape index (κ2) is 9.63. The first-order valence-corrected chi connectivity index (χ1v) is 11.0. The number of rotatable bonds is 8. The van der Waals surface area contributed by atoms with E-state index in [-0.39, 0.29) is 12.1 Å². The zero-order valence-corrected chi connectivity index (χ0v) is 18.0. The van der Waals surface area contributed by atoms with Crippen molar-refractivity contribution >= 4 is 6.09 Å². The molecule has 2 aromatic rings. The van der Waals surface area contributed by atoms with E-state index >= 15 is 0 Å². The zero-order valence-electron chi connectivity index (χ0n) is 18.0. The number of amides is 1. The second-order valence-corrected chi connectivity index (χ2v) is 8.38. The van der Waals surface area contributed by atoms with E-state index in [4.69, 9.17) is 9.47 Å². The van der Waals surface area contributed by atoms with Crippen LogP contribution in [-0.4, -0.2) is 61.9 Å². The van der Waals surface area contributed by atoms with E-state index in [0.717, 1.165) is 24.6 Å². The van der Waals surface area contributed by atoms with Crippen molar-refractivity contribution in [2.24, 2.45) is 0 Å². The number of likely N-dealkylation sites (tertiary alicyclic amines) is 1. The van der Waals surface area contributed by atoms with Crippen LogP contribution in [0.5, 0.6) is 0 Å². The van der Waals surface area contributed by atoms with Crippen LogP contribution in [0.3, 0.4) is 0 Å². The Kier molecular flexibility index (Phi) is 6.70. The predicted octanol–water partition coefficient (Wildman–Crippen LogP) is 4.52. The van der Waals surface area contributed by atoms with Gasteiger partial charge in [0.2, 0.25) is 0 Å². The summed E-state index contributed by atoms with van der Waals surface area (Å²) in [6.45, 7) is 6.17. The molecule has 5 heteroatoms. The highest BCUT2D eigenvalue weighted by Crippen LogP contribution is 2.29. The van der Waals surface area contributed by atoms with E-state index in [1.54, 1.807) is 12.0 Å². The molecule has 5 nitrogen and oxygen atoms in total. The van der Waals surface area contributed by atoms with Crippen molar-refractivity contribution in [2.45, 2.75) is 38.3 Å². The summed E-state index contributed by atoms with van der Waals surface area (Å²) < 4.78 is 10.4. The molecule has 2 saturated heterocycles. The molecule has 0 radical (unpaired) electrons. The number of hydrogen-bond acceptors (Lipinski definition) is 4. The van der Waals surface area contributed by atoms with Gasteiger partial charge >= 0.3 is 6.09 Å². The van der Waals surface area contributed by atoms with Crippen LogP contribution in [0.4, 0.5) is 4.79 Å². The fraction of sp³-hybridized carbons (Fsp3) is 0.480. The second-order valence-electron chi connectivity index (χ2n) is 8.38. The highest BCUT2D eigenvalue weighted by Gasteiger charge is 2.33. The molecule has 0 saturated carbocycles. The van der Waals surface area contributed by atoms with Crippen LogP contribution in [0.15, 0.2) is 48.5 Å². The Balaban J connectivity index is 1.38. The molecule has 0 bridgehead atoms. The van der Waals surface area contributed by atoms with Gasteiger partial charge in [-0.3, -0.25) is 4.90 Å². The molecule has 0 spiro atoms. The summed E-state index contributed by atoms with van der Waals surface area (Å²) in [7, 11) is 1.64. The van der Waals surface area contributed by atoms with Gasteiger partial charge in [0.1, 0.15) is 6.61 Å². The van der Waals surface area contributed by atoms with E-state index in [1.807, 2.05) is 0 Å². The summed E-state index contributed by atoms with van der Waals surface area (Å²) in [5, 5.41) is 0. The quantitative estimate of drug-likeness (QED) is 0.644. The van der Waals surface area contributed by atoms with Gasteiger partial charge in [0.25, 0.3) is 0 Å². The SMILES string of the molecule is COCCN1C(=O)OC[C@H]1c1ccc(-c2ccc(CCN3CCC[C@H]3C)cc2)cc1. The Bertz CT molecular complexity index is 834. The number of cyclic esters (lactones) is 1. The van der Waals surface area contributed by atoms with Gasteiger partial charge in [0.05, 0.1) is 12.6 Å². The molecule has 0 N–H and O–H groups in total. The van der Waals surface area contributed by atoms with E-state index in [1.165, 1.54) is 36.1 Å². The van der Waals surface area contributed by atoms with Gasteiger partial charge in [-0.05, 0) is 55.0 Å². The molecule has 2 aliphatic rings. The maximum Gasteiger partial charge on any atom is 0.410 e. The van der Waals surface area contributed by atoms with Crippen LogP contribution in [0.2, 0.25) is 0 Å². The summed E-state index contributed by atoms with van der Waals surface area (Å²) in [5.74, 6) is 0. The molecule has 30 heavy (non-hydrogen) atoms. The van der Waals surface area contributed by atoms with Crippen LogP contribution in [0, 0.1) is 0 Å². The topological polar surface area (TPSA) is 42.0 Å². The molecule has 0 unspecified atom stereocenters. The number of carbonyl (C=O) groups is 1. The molecular weight excluding hydrogens is 376 g/mol.